The summed E-state index contributed by atoms with van der Waals surface area (Å²) in [6.07, 6.45) is -5.49. The molecule has 0 aromatic heterocycles. The van der Waals surface area contributed by atoms with E-state index >= 15 is 0 Å². The van der Waals surface area contributed by atoms with Crippen molar-refractivity contribution in [3.8, 4) is 0 Å². The molecule has 192 valence electrons. The van der Waals surface area contributed by atoms with E-state index in [1.165, 1.54) is 0 Å². The average molecular weight is 477 g/mol. The van der Waals surface area contributed by atoms with Crippen molar-refractivity contribution in [1.29, 1.82) is 0 Å². The Morgan fingerprint density at radius 1 is 0.970 bits per heavy atom. The third-order valence-electron chi connectivity index (χ3n) is 7.47. The lowest BCUT2D eigenvalue weighted by Crippen LogP contribution is -2.81. The summed E-state index contributed by atoms with van der Waals surface area (Å²) in [6.45, 7) is 6.43. The van der Waals surface area contributed by atoms with Gasteiger partial charge < -0.3 is 55.3 Å². The minimum absolute atomic E-state index is 0.0628. The summed E-state index contributed by atoms with van der Waals surface area (Å²) in [5.41, 5.74) is -1.71. The average Bonchev–Trinajstić information content (AvgIpc) is 2.78. The van der Waals surface area contributed by atoms with E-state index in [4.69, 9.17) is 18.9 Å². The molecule has 10 atom stereocenters. The number of fused-ring (bicyclic) bond motifs is 2. The van der Waals surface area contributed by atoms with E-state index in [0.29, 0.717) is 19.8 Å². The van der Waals surface area contributed by atoms with Crippen LogP contribution in [0.3, 0.4) is 0 Å². The lowest BCUT2D eigenvalue weighted by atomic mass is 9.77. The summed E-state index contributed by atoms with van der Waals surface area (Å²) in [6, 6.07) is -1.32. The van der Waals surface area contributed by atoms with Crippen molar-refractivity contribution in [1.82, 2.24) is 20.9 Å². The number of nitrogens with zero attached hydrogens (tertiary/aromatic N) is 1. The van der Waals surface area contributed by atoms with E-state index in [2.05, 4.69) is 20.9 Å². The number of rotatable bonds is 7. The van der Waals surface area contributed by atoms with Crippen LogP contribution in [0.2, 0.25) is 0 Å². The Balaban J connectivity index is 1.48. The first kappa shape index (κ1) is 25.6. The second-order valence-corrected chi connectivity index (χ2v) is 9.63. The van der Waals surface area contributed by atoms with Gasteiger partial charge in [0.2, 0.25) is 12.1 Å². The van der Waals surface area contributed by atoms with Crippen molar-refractivity contribution in [2.45, 2.75) is 73.6 Å². The van der Waals surface area contributed by atoms with Gasteiger partial charge in [-0.2, -0.15) is 0 Å². The largest absolute Gasteiger partial charge is 0.390 e. The molecular weight excluding hydrogens is 436 g/mol. The van der Waals surface area contributed by atoms with E-state index in [1.807, 2.05) is 0 Å². The first-order chi connectivity index (χ1) is 15.7. The highest BCUT2D eigenvalue weighted by Gasteiger charge is 2.68. The van der Waals surface area contributed by atoms with Crippen LogP contribution >= 0.6 is 0 Å². The predicted molar refractivity (Wildman–Crippen MR) is 116 cm³/mol. The summed E-state index contributed by atoms with van der Waals surface area (Å²) >= 11 is 0. The van der Waals surface area contributed by atoms with Crippen molar-refractivity contribution in [2.75, 3.05) is 60.0 Å². The first-order valence-corrected chi connectivity index (χ1v) is 11.9. The monoisotopic (exact) mass is 476 g/mol. The Labute approximate surface area is 194 Å². The van der Waals surface area contributed by atoms with Crippen LogP contribution in [0.15, 0.2) is 0 Å². The summed E-state index contributed by atoms with van der Waals surface area (Å²) in [4.78, 5) is 2.27. The number of aliphatic hydroxyl groups excluding tert-OH is 2. The predicted octanol–water partition coefficient (Wildman–Crippen LogP) is -3.84. The van der Waals surface area contributed by atoms with Crippen LogP contribution < -0.4 is 16.0 Å². The maximum atomic E-state index is 11.6. The van der Waals surface area contributed by atoms with Gasteiger partial charge in [-0.1, -0.05) is 0 Å². The fourth-order valence-corrected chi connectivity index (χ4v) is 5.59. The highest BCUT2D eigenvalue weighted by Crippen LogP contribution is 2.46. The van der Waals surface area contributed by atoms with Crippen molar-refractivity contribution in [3.63, 3.8) is 0 Å². The third-order valence-corrected chi connectivity index (χ3v) is 7.47. The van der Waals surface area contributed by atoms with E-state index in [1.54, 1.807) is 21.0 Å². The Morgan fingerprint density at radius 3 is 2.33 bits per heavy atom. The molecule has 3 saturated heterocycles. The highest BCUT2D eigenvalue weighted by atomic mass is 16.8. The number of likely N-dealkylation sites (N-methyl/N-ethyl adjacent to an activating group) is 2. The van der Waals surface area contributed by atoms with Crippen LogP contribution in [-0.4, -0.2) is 146 Å². The molecule has 3 heterocycles. The van der Waals surface area contributed by atoms with Gasteiger partial charge in [0.15, 0.2) is 0 Å². The molecule has 3 aliphatic heterocycles. The van der Waals surface area contributed by atoms with Crippen LogP contribution in [0.1, 0.15) is 13.3 Å². The van der Waals surface area contributed by atoms with Gasteiger partial charge in [-0.25, -0.2) is 0 Å². The number of morpholine rings is 1. The molecule has 0 spiro atoms. The summed E-state index contributed by atoms with van der Waals surface area (Å²) in [7, 11) is 3.30. The topological polar surface area (TPSA) is 157 Å². The van der Waals surface area contributed by atoms with Crippen LogP contribution in [-0.2, 0) is 18.9 Å². The third kappa shape index (κ3) is 4.69. The molecule has 33 heavy (non-hydrogen) atoms. The van der Waals surface area contributed by atoms with Gasteiger partial charge in [0, 0.05) is 39.1 Å². The van der Waals surface area contributed by atoms with E-state index < -0.39 is 60.3 Å². The molecule has 0 amide bonds. The maximum absolute atomic E-state index is 11.6. The molecule has 0 radical (unpaired) electrons. The molecule has 4 aliphatic rings. The quantitative estimate of drug-likeness (QED) is 0.180. The Morgan fingerprint density at radius 2 is 1.67 bits per heavy atom. The van der Waals surface area contributed by atoms with Gasteiger partial charge in [-0.3, -0.25) is 4.90 Å². The molecule has 1 saturated carbocycles. The minimum Gasteiger partial charge on any atom is -0.390 e. The molecule has 0 aromatic carbocycles. The number of hydrogen-bond acceptors (Lipinski definition) is 12. The van der Waals surface area contributed by atoms with Gasteiger partial charge in [0.1, 0.15) is 23.9 Å². The molecule has 0 aromatic rings. The molecule has 4 rings (SSSR count). The maximum Gasteiger partial charge on any atom is 0.249 e. The van der Waals surface area contributed by atoms with Crippen LogP contribution in [0.25, 0.3) is 0 Å². The summed E-state index contributed by atoms with van der Waals surface area (Å²) in [5, 5.41) is 54.0. The van der Waals surface area contributed by atoms with Crippen molar-refractivity contribution in [2.24, 2.45) is 0 Å². The summed E-state index contributed by atoms with van der Waals surface area (Å²) < 4.78 is 23.3. The van der Waals surface area contributed by atoms with E-state index in [9.17, 15) is 20.4 Å². The van der Waals surface area contributed by atoms with Crippen LogP contribution in [0, 0.1) is 0 Å². The van der Waals surface area contributed by atoms with Crippen molar-refractivity contribution < 1.29 is 39.4 Å². The molecule has 12 heteroatoms. The van der Waals surface area contributed by atoms with Gasteiger partial charge >= 0.3 is 0 Å². The van der Waals surface area contributed by atoms with Gasteiger partial charge in [0.25, 0.3) is 0 Å². The number of aliphatic hydroxyl groups is 4. The molecule has 1 aliphatic carbocycles. The zero-order valence-electron chi connectivity index (χ0n) is 19.6. The lowest BCUT2D eigenvalue weighted by molar-refractivity contribution is -0.482. The molecule has 10 unspecified atom stereocenters. The first-order valence-electron chi connectivity index (χ1n) is 11.9. The van der Waals surface area contributed by atoms with Crippen LogP contribution in [0.4, 0.5) is 0 Å². The van der Waals surface area contributed by atoms with Crippen molar-refractivity contribution in [3.05, 3.63) is 0 Å². The molecule has 4 fully saturated rings. The fourth-order valence-electron chi connectivity index (χ4n) is 5.59. The minimum atomic E-state index is -2.19. The van der Waals surface area contributed by atoms with Crippen molar-refractivity contribution >= 4 is 0 Å². The second kappa shape index (κ2) is 10.2. The molecule has 7 N–H and O–H groups in total. The number of nitrogens with one attached hydrogen (secondary N) is 3. The Bertz CT molecular complexity index is 658. The Kier molecular flexibility index (Phi) is 7.95. The van der Waals surface area contributed by atoms with Crippen LogP contribution in [0.5, 0.6) is 0 Å². The fraction of sp³-hybridized carbons (Fsp3) is 1.00. The molecular formula is C21H40N4O8. The lowest BCUT2D eigenvalue weighted by Gasteiger charge is -2.60. The number of hydrogen-bond donors (Lipinski definition) is 7. The van der Waals surface area contributed by atoms with E-state index in [-0.39, 0.29) is 13.0 Å². The zero-order valence-corrected chi connectivity index (χ0v) is 19.6. The normalized spacial score (nSPS) is 48.8. The smallest absolute Gasteiger partial charge is 0.249 e. The molecule has 12 nitrogen and oxygen atoms in total. The van der Waals surface area contributed by atoms with Gasteiger partial charge in [0.05, 0.1) is 37.5 Å². The van der Waals surface area contributed by atoms with Gasteiger partial charge in [-0.05, 0) is 21.0 Å². The van der Waals surface area contributed by atoms with E-state index in [0.717, 1.165) is 19.6 Å². The second-order valence-electron chi connectivity index (χ2n) is 9.63. The molecule has 0 bridgehead atoms. The standard InChI is InChI=1S/C21H40N4O8/c1-12-10-20(28,11-24-4-5-25-6-8-30-9-7-25)21(29)19(31-12)32-18-16(27)13(22-2)15(26)14(23-3)17(18)33-21/h12-19,22-24,26-29H,4-11H2,1-3H3. The zero-order chi connectivity index (χ0) is 23.8. The van der Waals surface area contributed by atoms with Gasteiger partial charge in [-0.15, -0.1) is 0 Å². The Hall–Kier alpha value is -0.480. The highest BCUT2D eigenvalue weighted by molar-refractivity contribution is 5.12. The summed E-state index contributed by atoms with van der Waals surface area (Å²) in [5.74, 6) is -2.19. The number of ether oxygens (including phenoxy) is 4. The SMILES string of the molecule is CNC1C(O)C(NC)C2OC3(O)C(OC(C)CC3(O)CNCCN3CCOCC3)OC2C1O.